The summed E-state index contributed by atoms with van der Waals surface area (Å²) < 4.78 is 12.6. The fourth-order valence-corrected chi connectivity index (χ4v) is 3.52. The van der Waals surface area contributed by atoms with Crippen LogP contribution in [0.1, 0.15) is 18.5 Å². The number of carbonyl (C=O) groups excluding carboxylic acids is 2. The Balaban J connectivity index is 1.59. The molecule has 0 saturated carbocycles. The molecule has 150 valence electrons. The summed E-state index contributed by atoms with van der Waals surface area (Å²) in [5.74, 6) is 0.114. The molecule has 0 spiro atoms. The first kappa shape index (κ1) is 18.9. The van der Waals surface area contributed by atoms with Crippen molar-refractivity contribution < 1.29 is 18.7 Å². The van der Waals surface area contributed by atoms with E-state index in [4.69, 9.17) is 9.15 Å². The quantitative estimate of drug-likeness (QED) is 0.709. The van der Waals surface area contributed by atoms with E-state index in [2.05, 4.69) is 15.4 Å². The number of benzene rings is 1. The number of anilines is 1. The van der Waals surface area contributed by atoms with E-state index in [0.717, 1.165) is 11.1 Å². The van der Waals surface area contributed by atoms with Crippen molar-refractivity contribution in [3.8, 4) is 11.3 Å². The van der Waals surface area contributed by atoms with Gasteiger partial charge in [0.2, 0.25) is 5.91 Å². The van der Waals surface area contributed by atoms with Crippen molar-refractivity contribution in [2.75, 3.05) is 18.5 Å². The maximum absolute atomic E-state index is 13.1. The van der Waals surface area contributed by atoms with Crippen molar-refractivity contribution in [2.24, 2.45) is 7.05 Å². The Morgan fingerprint density at radius 1 is 1.34 bits per heavy atom. The van der Waals surface area contributed by atoms with Gasteiger partial charge in [-0.15, -0.1) is 0 Å². The summed E-state index contributed by atoms with van der Waals surface area (Å²) in [5, 5.41) is 7.07. The van der Waals surface area contributed by atoms with Gasteiger partial charge in [-0.2, -0.15) is 5.10 Å². The Kier molecular flexibility index (Phi) is 5.13. The molecule has 1 aliphatic rings. The molecule has 2 amide bonds. The van der Waals surface area contributed by atoms with E-state index in [1.807, 2.05) is 19.1 Å². The molecule has 0 bridgehead atoms. The van der Waals surface area contributed by atoms with Crippen LogP contribution in [0, 0.1) is 0 Å². The van der Waals surface area contributed by atoms with Crippen LogP contribution in [-0.2, 0) is 21.4 Å². The highest BCUT2D eigenvalue weighted by molar-refractivity contribution is 5.96. The van der Waals surface area contributed by atoms with Crippen molar-refractivity contribution >= 4 is 17.5 Å². The van der Waals surface area contributed by atoms with Gasteiger partial charge in [-0.05, 0) is 19.1 Å². The molecule has 0 radical (unpaired) electrons. The zero-order valence-electron chi connectivity index (χ0n) is 16.1. The van der Waals surface area contributed by atoms with Gasteiger partial charge < -0.3 is 19.4 Å². The SMILES string of the molecule is CCN1C(=O)CO[C@H](C(=O)Nc2cccc(-c3cnco3)c2)[C@H]1c1cnn(C)c1. The van der Waals surface area contributed by atoms with Gasteiger partial charge in [0.05, 0.1) is 18.4 Å². The van der Waals surface area contributed by atoms with Crippen LogP contribution >= 0.6 is 0 Å². The predicted molar refractivity (Wildman–Crippen MR) is 104 cm³/mol. The highest BCUT2D eigenvalue weighted by Crippen LogP contribution is 2.31. The minimum absolute atomic E-state index is 0.138. The monoisotopic (exact) mass is 395 g/mol. The van der Waals surface area contributed by atoms with Crippen molar-refractivity contribution in [1.82, 2.24) is 19.7 Å². The second-order valence-corrected chi connectivity index (χ2v) is 6.74. The van der Waals surface area contributed by atoms with E-state index in [-0.39, 0.29) is 18.4 Å². The second kappa shape index (κ2) is 7.88. The first-order chi connectivity index (χ1) is 14.1. The minimum Gasteiger partial charge on any atom is -0.444 e. The number of morpholine rings is 1. The smallest absolute Gasteiger partial charge is 0.256 e. The van der Waals surface area contributed by atoms with Gasteiger partial charge in [-0.3, -0.25) is 14.3 Å². The van der Waals surface area contributed by atoms with Crippen LogP contribution in [0.5, 0.6) is 0 Å². The molecule has 9 nitrogen and oxygen atoms in total. The van der Waals surface area contributed by atoms with E-state index in [9.17, 15) is 9.59 Å². The van der Waals surface area contributed by atoms with Crippen LogP contribution in [0.4, 0.5) is 5.69 Å². The van der Waals surface area contributed by atoms with Crippen molar-refractivity contribution in [3.05, 3.63) is 54.8 Å². The fraction of sp³-hybridized carbons (Fsp3) is 0.300. The number of likely N-dealkylation sites (N-methyl/N-ethyl adjacent to an activating group) is 1. The molecule has 2 atom stereocenters. The van der Waals surface area contributed by atoms with Crippen molar-refractivity contribution in [2.45, 2.75) is 19.1 Å². The third kappa shape index (κ3) is 3.77. The predicted octanol–water partition coefficient (Wildman–Crippen LogP) is 2.00. The van der Waals surface area contributed by atoms with Crippen LogP contribution in [0.25, 0.3) is 11.3 Å². The Bertz CT molecular complexity index is 1010. The van der Waals surface area contributed by atoms with Gasteiger partial charge in [0.25, 0.3) is 5.91 Å². The third-order valence-electron chi connectivity index (χ3n) is 4.84. The second-order valence-electron chi connectivity index (χ2n) is 6.74. The van der Waals surface area contributed by atoms with Crippen LogP contribution in [0.2, 0.25) is 0 Å². The lowest BCUT2D eigenvalue weighted by Crippen LogP contribution is -2.52. The number of rotatable bonds is 5. The largest absolute Gasteiger partial charge is 0.444 e. The normalized spacial score (nSPS) is 19.4. The molecule has 29 heavy (non-hydrogen) atoms. The molecular weight excluding hydrogens is 374 g/mol. The fourth-order valence-electron chi connectivity index (χ4n) is 3.52. The molecule has 1 fully saturated rings. The number of hydrogen-bond donors (Lipinski definition) is 1. The first-order valence-corrected chi connectivity index (χ1v) is 9.26. The number of nitrogens with zero attached hydrogens (tertiary/aromatic N) is 4. The van der Waals surface area contributed by atoms with Gasteiger partial charge >= 0.3 is 0 Å². The van der Waals surface area contributed by atoms with E-state index < -0.39 is 12.1 Å². The van der Waals surface area contributed by atoms with E-state index in [1.165, 1.54) is 6.39 Å². The Labute approximate surface area is 167 Å². The minimum atomic E-state index is -0.856. The summed E-state index contributed by atoms with van der Waals surface area (Å²) in [5.41, 5.74) is 2.13. The van der Waals surface area contributed by atoms with Crippen LogP contribution in [0.15, 0.2) is 53.7 Å². The molecule has 2 aromatic heterocycles. The van der Waals surface area contributed by atoms with E-state index in [0.29, 0.717) is 18.0 Å². The standard InChI is InChI=1S/C20H21N5O4/c1-3-25-17(26)11-28-19(18(25)14-8-22-24(2)10-14)20(27)23-15-6-4-5-13(7-15)16-9-21-12-29-16/h4-10,12,18-19H,3,11H2,1-2H3,(H,23,27)/t18-,19+/m1/s1. The maximum atomic E-state index is 13.1. The number of aryl methyl sites for hydroxylation is 1. The summed E-state index contributed by atoms with van der Waals surface area (Å²) in [6.07, 6.45) is 5.55. The van der Waals surface area contributed by atoms with Gasteiger partial charge in [-0.1, -0.05) is 12.1 Å². The third-order valence-corrected chi connectivity index (χ3v) is 4.84. The van der Waals surface area contributed by atoms with Gasteiger partial charge in [-0.25, -0.2) is 4.98 Å². The molecule has 1 aliphatic heterocycles. The number of nitrogens with one attached hydrogen (secondary N) is 1. The molecule has 0 aliphatic carbocycles. The lowest BCUT2D eigenvalue weighted by atomic mass is 10.00. The first-order valence-electron chi connectivity index (χ1n) is 9.26. The topological polar surface area (TPSA) is 102 Å². The van der Waals surface area contributed by atoms with Crippen molar-refractivity contribution in [1.29, 1.82) is 0 Å². The average Bonchev–Trinajstić information content (AvgIpc) is 3.39. The highest BCUT2D eigenvalue weighted by Gasteiger charge is 2.41. The molecule has 9 heteroatoms. The maximum Gasteiger partial charge on any atom is 0.256 e. The lowest BCUT2D eigenvalue weighted by molar-refractivity contribution is -0.161. The highest BCUT2D eigenvalue weighted by atomic mass is 16.5. The van der Waals surface area contributed by atoms with E-state index in [1.54, 1.807) is 47.4 Å². The van der Waals surface area contributed by atoms with Crippen LogP contribution in [-0.4, -0.2) is 50.7 Å². The molecule has 3 aromatic rings. The molecule has 4 rings (SSSR count). The van der Waals surface area contributed by atoms with E-state index >= 15 is 0 Å². The van der Waals surface area contributed by atoms with Gasteiger partial charge in [0, 0.05) is 36.6 Å². The zero-order valence-corrected chi connectivity index (χ0v) is 16.1. The molecule has 1 N–H and O–H groups in total. The number of aromatic nitrogens is 3. The van der Waals surface area contributed by atoms with Crippen LogP contribution in [0.3, 0.4) is 0 Å². The average molecular weight is 395 g/mol. The zero-order chi connectivity index (χ0) is 20.4. The van der Waals surface area contributed by atoms with Gasteiger partial charge in [0.1, 0.15) is 6.61 Å². The molecular formula is C20H21N5O4. The van der Waals surface area contributed by atoms with Crippen LogP contribution < -0.4 is 5.32 Å². The number of oxazole rings is 1. The Morgan fingerprint density at radius 3 is 2.90 bits per heavy atom. The number of ether oxygens (including phenoxy) is 1. The number of carbonyl (C=O) groups is 2. The summed E-state index contributed by atoms with van der Waals surface area (Å²) in [6.45, 7) is 2.20. The summed E-state index contributed by atoms with van der Waals surface area (Å²) >= 11 is 0. The molecule has 3 heterocycles. The number of hydrogen-bond acceptors (Lipinski definition) is 6. The number of amides is 2. The summed E-state index contributed by atoms with van der Waals surface area (Å²) in [4.78, 5) is 31.0. The lowest BCUT2D eigenvalue weighted by Gasteiger charge is -2.39. The summed E-state index contributed by atoms with van der Waals surface area (Å²) in [7, 11) is 1.79. The van der Waals surface area contributed by atoms with Crippen molar-refractivity contribution in [3.63, 3.8) is 0 Å². The molecule has 1 saturated heterocycles. The molecule has 1 aromatic carbocycles. The van der Waals surface area contributed by atoms with Gasteiger partial charge in [0.15, 0.2) is 18.3 Å². The Morgan fingerprint density at radius 2 is 2.21 bits per heavy atom. The Hall–Kier alpha value is -3.46. The molecule has 0 unspecified atom stereocenters. The summed E-state index contributed by atoms with van der Waals surface area (Å²) in [6, 6.07) is 6.71.